The Labute approximate surface area is 133 Å². The topological polar surface area (TPSA) is 35.5 Å². The van der Waals surface area contributed by atoms with Crippen LogP contribution in [0.4, 0.5) is 0 Å². The second kappa shape index (κ2) is 7.27. The third-order valence-electron chi connectivity index (χ3n) is 3.26. The third kappa shape index (κ3) is 4.08. The van der Waals surface area contributed by atoms with Crippen molar-refractivity contribution in [1.82, 2.24) is 0 Å². The minimum atomic E-state index is 0.0962. The third-order valence-corrected chi connectivity index (χ3v) is 3.79. The van der Waals surface area contributed by atoms with Crippen molar-refractivity contribution in [3.8, 4) is 11.5 Å². The van der Waals surface area contributed by atoms with Crippen molar-refractivity contribution in [2.45, 2.75) is 12.8 Å². The number of Topliss-reactive ketones (excluding diaryl/α,β-unsaturated/α-hetero) is 1. The summed E-state index contributed by atoms with van der Waals surface area (Å²) in [5.74, 6) is 1.30. The molecular weight excluding hydrogens is 332 g/mol. The van der Waals surface area contributed by atoms with Crippen LogP contribution in [-0.4, -0.2) is 20.0 Å². The van der Waals surface area contributed by atoms with Crippen LogP contribution < -0.4 is 9.47 Å². The van der Waals surface area contributed by atoms with Crippen LogP contribution in [0.5, 0.6) is 11.5 Å². The molecule has 2 rings (SSSR count). The summed E-state index contributed by atoms with van der Waals surface area (Å²) in [5, 5.41) is 0. The Morgan fingerprint density at radius 2 is 1.67 bits per heavy atom. The number of hydrogen-bond donors (Lipinski definition) is 0. The highest BCUT2D eigenvalue weighted by Gasteiger charge is 2.10. The fourth-order valence-electron chi connectivity index (χ4n) is 2.06. The summed E-state index contributed by atoms with van der Waals surface area (Å²) < 4.78 is 11.4. The van der Waals surface area contributed by atoms with E-state index in [0.29, 0.717) is 23.5 Å². The van der Waals surface area contributed by atoms with Crippen molar-refractivity contribution in [3.63, 3.8) is 0 Å². The van der Waals surface area contributed by atoms with Crippen molar-refractivity contribution in [2.24, 2.45) is 0 Å². The van der Waals surface area contributed by atoms with E-state index in [1.54, 1.807) is 32.4 Å². The monoisotopic (exact) mass is 348 g/mol. The van der Waals surface area contributed by atoms with Crippen LogP contribution in [0.1, 0.15) is 22.3 Å². The minimum absolute atomic E-state index is 0.0962. The fourth-order valence-corrected chi connectivity index (χ4v) is 2.33. The van der Waals surface area contributed by atoms with Gasteiger partial charge in [-0.25, -0.2) is 0 Å². The molecule has 0 bridgehead atoms. The first-order chi connectivity index (χ1) is 10.1. The Kier molecular flexibility index (Phi) is 5.39. The largest absolute Gasteiger partial charge is 0.493 e. The number of methoxy groups -OCH3 is 2. The van der Waals surface area contributed by atoms with Crippen LogP contribution >= 0.6 is 15.9 Å². The number of ketones is 1. The number of halogens is 1. The van der Waals surface area contributed by atoms with E-state index in [9.17, 15) is 4.79 Å². The fraction of sp³-hybridized carbons (Fsp3) is 0.235. The molecule has 110 valence electrons. The molecule has 21 heavy (non-hydrogen) atoms. The minimum Gasteiger partial charge on any atom is -0.493 e. The average molecular weight is 349 g/mol. The summed E-state index contributed by atoms with van der Waals surface area (Å²) in [7, 11) is 3.14. The average Bonchev–Trinajstić information content (AvgIpc) is 2.53. The Bertz CT molecular complexity index is 620. The molecule has 0 saturated carbocycles. The number of rotatable bonds is 6. The van der Waals surface area contributed by atoms with E-state index >= 15 is 0 Å². The predicted molar refractivity (Wildman–Crippen MR) is 86.3 cm³/mol. The van der Waals surface area contributed by atoms with Gasteiger partial charge in [-0.2, -0.15) is 0 Å². The quantitative estimate of drug-likeness (QED) is 0.730. The van der Waals surface area contributed by atoms with E-state index in [2.05, 4.69) is 15.9 Å². The van der Waals surface area contributed by atoms with Gasteiger partial charge >= 0.3 is 0 Å². The molecule has 2 aromatic rings. The first-order valence-electron chi connectivity index (χ1n) is 6.63. The highest BCUT2D eigenvalue weighted by Crippen LogP contribution is 2.28. The Morgan fingerprint density at radius 3 is 2.29 bits per heavy atom. The van der Waals surface area contributed by atoms with Crippen LogP contribution in [-0.2, 0) is 6.42 Å². The van der Waals surface area contributed by atoms with Gasteiger partial charge in [-0.1, -0.05) is 28.1 Å². The molecule has 0 aromatic heterocycles. The zero-order valence-electron chi connectivity index (χ0n) is 12.1. The van der Waals surface area contributed by atoms with Crippen LogP contribution in [0.2, 0.25) is 0 Å². The molecule has 0 heterocycles. The van der Waals surface area contributed by atoms with Crippen molar-refractivity contribution in [2.75, 3.05) is 14.2 Å². The first-order valence-corrected chi connectivity index (χ1v) is 7.43. The van der Waals surface area contributed by atoms with Crippen LogP contribution in [0.25, 0.3) is 0 Å². The van der Waals surface area contributed by atoms with Gasteiger partial charge < -0.3 is 9.47 Å². The van der Waals surface area contributed by atoms with Crippen molar-refractivity contribution in [3.05, 3.63) is 58.1 Å². The smallest absolute Gasteiger partial charge is 0.163 e. The van der Waals surface area contributed by atoms with Gasteiger partial charge in [0.05, 0.1) is 14.2 Å². The molecular formula is C17H17BrO3. The van der Waals surface area contributed by atoms with E-state index < -0.39 is 0 Å². The molecule has 0 aliphatic heterocycles. The van der Waals surface area contributed by atoms with Crippen molar-refractivity contribution >= 4 is 21.7 Å². The van der Waals surface area contributed by atoms with E-state index in [1.165, 1.54) is 0 Å². The SMILES string of the molecule is COc1ccc(C(=O)CCc2ccc(Br)cc2)cc1OC. The van der Waals surface area contributed by atoms with E-state index in [4.69, 9.17) is 9.47 Å². The number of ether oxygens (including phenoxy) is 2. The summed E-state index contributed by atoms with van der Waals surface area (Å²) in [6.45, 7) is 0. The second-order valence-electron chi connectivity index (χ2n) is 4.62. The van der Waals surface area contributed by atoms with Crippen LogP contribution in [0, 0.1) is 0 Å². The first kappa shape index (κ1) is 15.6. The molecule has 0 unspecified atom stereocenters. The van der Waals surface area contributed by atoms with E-state index in [0.717, 1.165) is 16.5 Å². The van der Waals surface area contributed by atoms with Gasteiger partial charge in [0.1, 0.15) is 0 Å². The molecule has 0 amide bonds. The number of benzene rings is 2. The molecule has 0 atom stereocenters. The Morgan fingerprint density at radius 1 is 1.00 bits per heavy atom. The Balaban J connectivity index is 2.04. The molecule has 0 saturated heterocycles. The molecule has 0 radical (unpaired) electrons. The zero-order chi connectivity index (χ0) is 15.2. The van der Waals surface area contributed by atoms with Gasteiger partial charge in [-0.15, -0.1) is 0 Å². The highest BCUT2D eigenvalue weighted by molar-refractivity contribution is 9.10. The maximum Gasteiger partial charge on any atom is 0.163 e. The second-order valence-corrected chi connectivity index (χ2v) is 5.54. The van der Waals surface area contributed by atoms with E-state index in [1.807, 2.05) is 24.3 Å². The predicted octanol–water partition coefficient (Wildman–Crippen LogP) is 4.28. The van der Waals surface area contributed by atoms with Crippen LogP contribution in [0.3, 0.4) is 0 Å². The van der Waals surface area contributed by atoms with Crippen LogP contribution in [0.15, 0.2) is 46.9 Å². The summed E-state index contributed by atoms with van der Waals surface area (Å²) >= 11 is 3.40. The molecule has 0 aliphatic rings. The van der Waals surface area contributed by atoms with Gasteiger partial charge in [-0.05, 0) is 42.3 Å². The van der Waals surface area contributed by atoms with Gasteiger partial charge in [0.2, 0.25) is 0 Å². The normalized spacial score (nSPS) is 10.2. The van der Waals surface area contributed by atoms with Crippen molar-refractivity contribution < 1.29 is 14.3 Å². The zero-order valence-corrected chi connectivity index (χ0v) is 13.6. The highest BCUT2D eigenvalue weighted by atomic mass is 79.9. The Hall–Kier alpha value is -1.81. The maximum absolute atomic E-state index is 12.2. The summed E-state index contributed by atoms with van der Waals surface area (Å²) in [6, 6.07) is 13.3. The lowest BCUT2D eigenvalue weighted by molar-refractivity contribution is 0.0982. The van der Waals surface area contributed by atoms with Gasteiger partial charge in [-0.3, -0.25) is 4.79 Å². The molecule has 4 heteroatoms. The number of aryl methyl sites for hydroxylation is 1. The van der Waals surface area contributed by atoms with Gasteiger partial charge in [0.15, 0.2) is 17.3 Å². The molecule has 3 nitrogen and oxygen atoms in total. The van der Waals surface area contributed by atoms with Gasteiger partial charge in [0.25, 0.3) is 0 Å². The number of carbonyl (C=O) groups is 1. The van der Waals surface area contributed by atoms with Crippen molar-refractivity contribution in [1.29, 1.82) is 0 Å². The molecule has 0 fully saturated rings. The summed E-state index contributed by atoms with van der Waals surface area (Å²) in [4.78, 5) is 12.2. The van der Waals surface area contributed by atoms with Gasteiger partial charge in [0, 0.05) is 16.5 Å². The molecule has 0 N–H and O–H groups in total. The maximum atomic E-state index is 12.2. The number of hydrogen-bond acceptors (Lipinski definition) is 3. The summed E-state index contributed by atoms with van der Waals surface area (Å²) in [5.41, 5.74) is 1.79. The standard InChI is InChI=1S/C17H17BrO3/c1-20-16-10-6-13(11-17(16)21-2)15(19)9-5-12-3-7-14(18)8-4-12/h3-4,6-8,10-11H,5,9H2,1-2H3. The molecule has 0 spiro atoms. The molecule has 2 aromatic carbocycles. The van der Waals surface area contributed by atoms with E-state index in [-0.39, 0.29) is 5.78 Å². The summed E-state index contributed by atoms with van der Waals surface area (Å²) in [6.07, 6.45) is 1.19. The number of carbonyl (C=O) groups excluding carboxylic acids is 1. The lowest BCUT2D eigenvalue weighted by Crippen LogP contribution is -2.02. The lowest BCUT2D eigenvalue weighted by Gasteiger charge is -2.09. The molecule has 0 aliphatic carbocycles. The lowest BCUT2D eigenvalue weighted by atomic mass is 10.0.